The minimum Gasteiger partial charge on any atom is -0.384 e. The van der Waals surface area contributed by atoms with Crippen molar-refractivity contribution >= 4 is 0 Å². The van der Waals surface area contributed by atoms with Crippen LogP contribution in [-0.4, -0.2) is 13.7 Å². The van der Waals surface area contributed by atoms with E-state index in [-0.39, 0.29) is 5.41 Å². The Morgan fingerprint density at radius 1 is 1.64 bits per heavy atom. The summed E-state index contributed by atoms with van der Waals surface area (Å²) in [4.78, 5) is 0. The molecule has 0 radical (unpaired) electrons. The molecule has 0 saturated heterocycles. The third-order valence-corrected chi connectivity index (χ3v) is 2.02. The third-order valence-electron chi connectivity index (χ3n) is 2.02. The summed E-state index contributed by atoms with van der Waals surface area (Å²) >= 11 is 0. The van der Waals surface area contributed by atoms with Crippen molar-refractivity contribution in [1.82, 2.24) is 0 Å². The molecule has 1 unspecified atom stereocenters. The number of hydrogen-bond acceptors (Lipinski definition) is 1. The monoisotopic (exact) mass is 152 g/mol. The van der Waals surface area contributed by atoms with Gasteiger partial charge in [-0.25, -0.2) is 0 Å². The SMILES string of the molecule is COCC1(C)C=C(C)C=CC1. The first-order valence-corrected chi connectivity index (χ1v) is 4.01. The summed E-state index contributed by atoms with van der Waals surface area (Å²) in [5, 5.41) is 0. The third kappa shape index (κ3) is 2.19. The van der Waals surface area contributed by atoms with Crippen LogP contribution in [0.1, 0.15) is 20.3 Å². The van der Waals surface area contributed by atoms with Gasteiger partial charge in [0.05, 0.1) is 6.61 Å². The van der Waals surface area contributed by atoms with E-state index in [1.54, 1.807) is 7.11 Å². The molecule has 1 atom stereocenters. The minimum absolute atomic E-state index is 0.230. The number of methoxy groups -OCH3 is 1. The van der Waals surface area contributed by atoms with Crippen LogP contribution in [0.5, 0.6) is 0 Å². The van der Waals surface area contributed by atoms with Crippen LogP contribution in [0.15, 0.2) is 23.8 Å². The van der Waals surface area contributed by atoms with Crippen molar-refractivity contribution in [2.45, 2.75) is 20.3 Å². The van der Waals surface area contributed by atoms with Gasteiger partial charge in [-0.3, -0.25) is 0 Å². The van der Waals surface area contributed by atoms with Crippen LogP contribution in [0.25, 0.3) is 0 Å². The lowest BCUT2D eigenvalue weighted by molar-refractivity contribution is 0.122. The summed E-state index contributed by atoms with van der Waals surface area (Å²) in [5.41, 5.74) is 1.57. The zero-order valence-corrected chi connectivity index (χ0v) is 7.55. The Balaban J connectivity index is 2.66. The maximum Gasteiger partial charge on any atom is 0.0553 e. The predicted octanol–water partition coefficient (Wildman–Crippen LogP) is 2.55. The molecule has 1 rings (SSSR count). The van der Waals surface area contributed by atoms with E-state index in [0.717, 1.165) is 13.0 Å². The van der Waals surface area contributed by atoms with E-state index in [9.17, 15) is 0 Å². The van der Waals surface area contributed by atoms with Crippen molar-refractivity contribution in [3.63, 3.8) is 0 Å². The molecule has 1 aliphatic rings. The van der Waals surface area contributed by atoms with Gasteiger partial charge in [0.25, 0.3) is 0 Å². The van der Waals surface area contributed by atoms with E-state index in [1.807, 2.05) is 0 Å². The van der Waals surface area contributed by atoms with Gasteiger partial charge in [-0.15, -0.1) is 0 Å². The summed E-state index contributed by atoms with van der Waals surface area (Å²) < 4.78 is 5.15. The number of rotatable bonds is 2. The fourth-order valence-corrected chi connectivity index (χ4v) is 1.60. The molecule has 1 aliphatic carbocycles. The topological polar surface area (TPSA) is 9.23 Å². The Morgan fingerprint density at radius 3 is 2.91 bits per heavy atom. The molecule has 62 valence electrons. The largest absolute Gasteiger partial charge is 0.384 e. The second-order valence-corrected chi connectivity index (χ2v) is 3.58. The first-order valence-electron chi connectivity index (χ1n) is 4.01. The van der Waals surface area contributed by atoms with Crippen molar-refractivity contribution < 1.29 is 4.74 Å². The highest BCUT2D eigenvalue weighted by molar-refractivity contribution is 5.24. The van der Waals surface area contributed by atoms with Crippen molar-refractivity contribution in [1.29, 1.82) is 0 Å². The zero-order valence-electron chi connectivity index (χ0n) is 7.55. The highest BCUT2D eigenvalue weighted by atomic mass is 16.5. The zero-order chi connectivity index (χ0) is 8.32. The molecule has 0 aliphatic heterocycles. The molecule has 0 bridgehead atoms. The lowest BCUT2D eigenvalue weighted by Crippen LogP contribution is -2.21. The van der Waals surface area contributed by atoms with Crippen LogP contribution >= 0.6 is 0 Å². The molecule has 0 spiro atoms. The Hall–Kier alpha value is -0.560. The van der Waals surface area contributed by atoms with E-state index in [0.29, 0.717) is 0 Å². The Labute approximate surface area is 68.8 Å². The van der Waals surface area contributed by atoms with E-state index in [4.69, 9.17) is 4.74 Å². The van der Waals surface area contributed by atoms with Gasteiger partial charge in [-0.05, 0) is 13.3 Å². The maximum atomic E-state index is 5.15. The van der Waals surface area contributed by atoms with Crippen LogP contribution in [0.2, 0.25) is 0 Å². The molecule has 1 heteroatoms. The molecule has 0 aromatic carbocycles. The minimum atomic E-state index is 0.230. The van der Waals surface area contributed by atoms with Crippen molar-refractivity contribution in [2.75, 3.05) is 13.7 Å². The number of ether oxygens (including phenoxy) is 1. The van der Waals surface area contributed by atoms with Crippen LogP contribution in [0.4, 0.5) is 0 Å². The highest BCUT2D eigenvalue weighted by Gasteiger charge is 2.21. The molecular weight excluding hydrogens is 136 g/mol. The molecule has 1 nitrogen and oxygen atoms in total. The van der Waals surface area contributed by atoms with E-state index in [2.05, 4.69) is 32.1 Å². The smallest absolute Gasteiger partial charge is 0.0553 e. The molecule has 0 amide bonds. The van der Waals surface area contributed by atoms with Gasteiger partial charge in [0.1, 0.15) is 0 Å². The van der Waals surface area contributed by atoms with Gasteiger partial charge in [-0.2, -0.15) is 0 Å². The van der Waals surface area contributed by atoms with E-state index >= 15 is 0 Å². The lowest BCUT2D eigenvalue weighted by atomic mass is 9.82. The van der Waals surface area contributed by atoms with Crippen LogP contribution in [0, 0.1) is 5.41 Å². The first-order chi connectivity index (χ1) is 5.16. The summed E-state index contributed by atoms with van der Waals surface area (Å²) in [6.45, 7) is 5.17. The van der Waals surface area contributed by atoms with Gasteiger partial charge in [0.15, 0.2) is 0 Å². The Kier molecular flexibility index (Phi) is 2.50. The summed E-state index contributed by atoms with van der Waals surface area (Å²) in [5.74, 6) is 0. The van der Waals surface area contributed by atoms with Gasteiger partial charge < -0.3 is 4.74 Å². The molecule has 0 fully saturated rings. The summed E-state index contributed by atoms with van der Waals surface area (Å²) in [6.07, 6.45) is 7.76. The van der Waals surface area contributed by atoms with Crippen LogP contribution < -0.4 is 0 Å². The van der Waals surface area contributed by atoms with E-state index < -0.39 is 0 Å². The second-order valence-electron chi connectivity index (χ2n) is 3.58. The fraction of sp³-hybridized carbons (Fsp3) is 0.600. The average Bonchev–Trinajstić information content (AvgIpc) is 1.86. The quantitative estimate of drug-likeness (QED) is 0.591. The summed E-state index contributed by atoms with van der Waals surface area (Å²) in [7, 11) is 1.76. The standard InChI is InChI=1S/C10H16O/c1-9-5-4-6-10(2,7-9)8-11-3/h4-5,7H,6,8H2,1-3H3. The average molecular weight is 152 g/mol. The molecule has 0 N–H and O–H groups in total. The predicted molar refractivity (Wildman–Crippen MR) is 47.5 cm³/mol. The normalized spacial score (nSPS) is 30.3. The fourth-order valence-electron chi connectivity index (χ4n) is 1.60. The lowest BCUT2D eigenvalue weighted by Gasteiger charge is -2.26. The van der Waals surface area contributed by atoms with Crippen molar-refractivity contribution in [2.24, 2.45) is 5.41 Å². The van der Waals surface area contributed by atoms with Gasteiger partial charge in [0, 0.05) is 12.5 Å². The van der Waals surface area contributed by atoms with Crippen molar-refractivity contribution in [3.05, 3.63) is 23.8 Å². The highest BCUT2D eigenvalue weighted by Crippen LogP contribution is 2.29. The van der Waals surface area contributed by atoms with Gasteiger partial charge in [0.2, 0.25) is 0 Å². The maximum absolute atomic E-state index is 5.15. The second kappa shape index (κ2) is 3.22. The summed E-state index contributed by atoms with van der Waals surface area (Å²) in [6, 6.07) is 0. The van der Waals surface area contributed by atoms with Crippen molar-refractivity contribution in [3.8, 4) is 0 Å². The Bertz CT molecular complexity index is 191. The first kappa shape index (κ1) is 8.54. The molecule has 0 heterocycles. The van der Waals surface area contributed by atoms with Crippen LogP contribution in [-0.2, 0) is 4.74 Å². The Morgan fingerprint density at radius 2 is 2.36 bits per heavy atom. The molecule has 0 saturated carbocycles. The molecule has 11 heavy (non-hydrogen) atoms. The van der Waals surface area contributed by atoms with Crippen LogP contribution in [0.3, 0.4) is 0 Å². The van der Waals surface area contributed by atoms with E-state index in [1.165, 1.54) is 5.57 Å². The number of allylic oxidation sites excluding steroid dienone is 3. The van der Waals surface area contributed by atoms with Gasteiger partial charge in [-0.1, -0.05) is 30.7 Å². The molecule has 0 aromatic heterocycles. The number of hydrogen-bond donors (Lipinski definition) is 0. The molecule has 0 aromatic rings. The molecular formula is C10H16O. The van der Waals surface area contributed by atoms with Gasteiger partial charge >= 0.3 is 0 Å².